The monoisotopic (exact) mass is 298 g/mol. The normalized spacial score (nSPS) is 11.0. The van der Waals surface area contributed by atoms with Crippen molar-refractivity contribution in [1.82, 2.24) is 15.2 Å². The Hall–Kier alpha value is -2.01. The molecule has 0 aliphatic rings. The SMILES string of the molecule is CCNc1nnc(-c2cc(C)nc3ccc(CC)cc23)s1. The highest BCUT2D eigenvalue weighted by molar-refractivity contribution is 7.18. The second kappa shape index (κ2) is 5.77. The van der Waals surface area contributed by atoms with Crippen LogP contribution in [0.1, 0.15) is 25.1 Å². The summed E-state index contributed by atoms with van der Waals surface area (Å²) >= 11 is 1.59. The van der Waals surface area contributed by atoms with Gasteiger partial charge < -0.3 is 5.32 Å². The van der Waals surface area contributed by atoms with E-state index in [1.54, 1.807) is 11.3 Å². The van der Waals surface area contributed by atoms with E-state index >= 15 is 0 Å². The van der Waals surface area contributed by atoms with Gasteiger partial charge in [0, 0.05) is 23.2 Å². The van der Waals surface area contributed by atoms with Crippen molar-refractivity contribution in [3.8, 4) is 10.6 Å². The molecular weight excluding hydrogens is 280 g/mol. The third-order valence-electron chi connectivity index (χ3n) is 3.39. The molecule has 0 saturated carbocycles. The molecule has 21 heavy (non-hydrogen) atoms. The van der Waals surface area contributed by atoms with Crippen LogP contribution in [0.25, 0.3) is 21.5 Å². The Balaban J connectivity index is 2.18. The Morgan fingerprint density at radius 2 is 2.00 bits per heavy atom. The van der Waals surface area contributed by atoms with Crippen molar-refractivity contribution in [2.75, 3.05) is 11.9 Å². The number of nitrogens with zero attached hydrogens (tertiary/aromatic N) is 3. The lowest BCUT2D eigenvalue weighted by Crippen LogP contribution is -1.94. The fourth-order valence-corrected chi connectivity index (χ4v) is 3.20. The van der Waals surface area contributed by atoms with Gasteiger partial charge in [0.1, 0.15) is 5.01 Å². The lowest BCUT2D eigenvalue weighted by atomic mass is 10.0. The van der Waals surface area contributed by atoms with Gasteiger partial charge in [0.05, 0.1) is 5.52 Å². The summed E-state index contributed by atoms with van der Waals surface area (Å²) in [7, 11) is 0. The lowest BCUT2D eigenvalue weighted by Gasteiger charge is -2.07. The molecule has 2 heterocycles. The summed E-state index contributed by atoms with van der Waals surface area (Å²) in [5, 5.41) is 14.7. The van der Waals surface area contributed by atoms with Gasteiger partial charge in [-0.2, -0.15) is 0 Å². The molecule has 3 aromatic rings. The van der Waals surface area contributed by atoms with Gasteiger partial charge in [0.25, 0.3) is 0 Å². The zero-order valence-corrected chi connectivity index (χ0v) is 13.3. The highest BCUT2D eigenvalue weighted by atomic mass is 32.1. The molecule has 0 radical (unpaired) electrons. The summed E-state index contributed by atoms with van der Waals surface area (Å²) in [6, 6.07) is 8.54. The first-order valence-electron chi connectivity index (χ1n) is 7.19. The smallest absolute Gasteiger partial charge is 0.205 e. The van der Waals surface area contributed by atoms with Crippen molar-refractivity contribution >= 4 is 27.4 Å². The van der Waals surface area contributed by atoms with Crippen LogP contribution in [0.2, 0.25) is 0 Å². The zero-order chi connectivity index (χ0) is 14.8. The third-order valence-corrected chi connectivity index (χ3v) is 4.31. The largest absolute Gasteiger partial charge is 0.360 e. The topological polar surface area (TPSA) is 50.7 Å². The van der Waals surface area contributed by atoms with E-state index in [2.05, 4.69) is 58.6 Å². The number of benzene rings is 1. The molecule has 0 fully saturated rings. The lowest BCUT2D eigenvalue weighted by molar-refractivity contribution is 1.07. The molecule has 0 aliphatic heterocycles. The average Bonchev–Trinajstić information content (AvgIpc) is 2.95. The highest BCUT2D eigenvalue weighted by Crippen LogP contribution is 2.32. The molecule has 4 nitrogen and oxygen atoms in total. The van der Waals surface area contributed by atoms with Crippen LogP contribution in [0, 0.1) is 6.92 Å². The molecule has 108 valence electrons. The predicted octanol–water partition coefficient (Wildman–Crippen LogP) is 4.06. The molecule has 0 spiro atoms. The summed E-state index contributed by atoms with van der Waals surface area (Å²) in [5.41, 5.74) is 4.45. The standard InChI is InChI=1S/C16H18N4S/c1-4-11-6-7-14-12(9-11)13(8-10(3)18-14)15-19-20-16(21-15)17-5-2/h6-9H,4-5H2,1-3H3,(H,17,20). The number of hydrogen-bond acceptors (Lipinski definition) is 5. The molecule has 3 rings (SSSR count). The van der Waals surface area contributed by atoms with Gasteiger partial charge >= 0.3 is 0 Å². The molecule has 2 aromatic heterocycles. The maximum Gasteiger partial charge on any atom is 0.205 e. The molecule has 0 aliphatic carbocycles. The van der Waals surface area contributed by atoms with Crippen molar-refractivity contribution in [2.45, 2.75) is 27.2 Å². The van der Waals surface area contributed by atoms with E-state index in [0.29, 0.717) is 0 Å². The van der Waals surface area contributed by atoms with Gasteiger partial charge in [-0.1, -0.05) is 24.3 Å². The van der Waals surface area contributed by atoms with Crippen molar-refractivity contribution in [1.29, 1.82) is 0 Å². The second-order valence-corrected chi connectivity index (χ2v) is 5.94. The number of anilines is 1. The van der Waals surface area contributed by atoms with Crippen LogP contribution in [0.15, 0.2) is 24.3 Å². The number of nitrogens with one attached hydrogen (secondary N) is 1. The van der Waals surface area contributed by atoms with Gasteiger partial charge in [-0.05, 0) is 44.0 Å². The van der Waals surface area contributed by atoms with Gasteiger partial charge in [0.2, 0.25) is 5.13 Å². The molecule has 0 unspecified atom stereocenters. The molecular formula is C16H18N4S. The van der Waals surface area contributed by atoms with Crippen LogP contribution in [-0.2, 0) is 6.42 Å². The second-order valence-electron chi connectivity index (χ2n) is 4.96. The quantitative estimate of drug-likeness (QED) is 0.789. The minimum atomic E-state index is 0.852. The van der Waals surface area contributed by atoms with Crippen LogP contribution in [-0.4, -0.2) is 21.7 Å². The highest BCUT2D eigenvalue weighted by Gasteiger charge is 2.12. The van der Waals surface area contributed by atoms with Gasteiger partial charge in [-0.3, -0.25) is 4.98 Å². The summed E-state index contributed by atoms with van der Waals surface area (Å²) in [4.78, 5) is 4.62. The Kier molecular flexibility index (Phi) is 3.84. The molecule has 0 atom stereocenters. The minimum absolute atomic E-state index is 0.852. The van der Waals surface area contributed by atoms with Crippen LogP contribution in [0.4, 0.5) is 5.13 Å². The van der Waals surface area contributed by atoms with E-state index in [0.717, 1.165) is 45.3 Å². The van der Waals surface area contributed by atoms with Crippen LogP contribution in [0.3, 0.4) is 0 Å². The molecule has 0 amide bonds. The molecule has 0 bridgehead atoms. The molecule has 1 aromatic carbocycles. The van der Waals surface area contributed by atoms with Crippen LogP contribution >= 0.6 is 11.3 Å². The number of pyridine rings is 1. The number of aryl methyl sites for hydroxylation is 2. The van der Waals surface area contributed by atoms with Crippen molar-refractivity contribution < 1.29 is 0 Å². The number of rotatable bonds is 4. The number of hydrogen-bond donors (Lipinski definition) is 1. The first-order chi connectivity index (χ1) is 10.2. The van der Waals surface area contributed by atoms with E-state index in [1.807, 2.05) is 6.92 Å². The third kappa shape index (κ3) is 2.74. The average molecular weight is 298 g/mol. The van der Waals surface area contributed by atoms with Crippen molar-refractivity contribution in [3.05, 3.63) is 35.5 Å². The Morgan fingerprint density at radius 1 is 1.14 bits per heavy atom. The zero-order valence-electron chi connectivity index (χ0n) is 12.5. The first-order valence-corrected chi connectivity index (χ1v) is 8.01. The van der Waals surface area contributed by atoms with Gasteiger partial charge in [-0.25, -0.2) is 0 Å². The maximum absolute atomic E-state index is 4.62. The predicted molar refractivity (Wildman–Crippen MR) is 88.9 cm³/mol. The fraction of sp³-hybridized carbons (Fsp3) is 0.312. The van der Waals surface area contributed by atoms with Crippen LogP contribution < -0.4 is 5.32 Å². The van der Waals surface area contributed by atoms with E-state index in [-0.39, 0.29) is 0 Å². The van der Waals surface area contributed by atoms with Crippen molar-refractivity contribution in [3.63, 3.8) is 0 Å². The minimum Gasteiger partial charge on any atom is -0.360 e. The van der Waals surface area contributed by atoms with Crippen LogP contribution in [0.5, 0.6) is 0 Å². The Labute approximate surface area is 128 Å². The van der Waals surface area contributed by atoms with E-state index in [4.69, 9.17) is 0 Å². The summed E-state index contributed by atoms with van der Waals surface area (Å²) < 4.78 is 0. The maximum atomic E-state index is 4.62. The summed E-state index contributed by atoms with van der Waals surface area (Å²) in [6.45, 7) is 7.09. The number of fused-ring (bicyclic) bond motifs is 1. The summed E-state index contributed by atoms with van der Waals surface area (Å²) in [5.74, 6) is 0. The Bertz CT molecular complexity index is 779. The fourth-order valence-electron chi connectivity index (χ4n) is 2.36. The first kappa shape index (κ1) is 13.9. The number of aromatic nitrogens is 3. The van der Waals surface area contributed by atoms with Gasteiger partial charge in [-0.15, -0.1) is 10.2 Å². The molecule has 5 heteroatoms. The van der Waals surface area contributed by atoms with E-state index in [1.165, 1.54) is 5.56 Å². The molecule has 1 N–H and O–H groups in total. The van der Waals surface area contributed by atoms with E-state index in [9.17, 15) is 0 Å². The Morgan fingerprint density at radius 3 is 2.76 bits per heavy atom. The summed E-state index contributed by atoms with van der Waals surface area (Å²) in [6.07, 6.45) is 1.02. The van der Waals surface area contributed by atoms with Crippen molar-refractivity contribution in [2.24, 2.45) is 0 Å². The van der Waals surface area contributed by atoms with E-state index < -0.39 is 0 Å². The molecule has 0 saturated heterocycles. The van der Waals surface area contributed by atoms with Gasteiger partial charge in [0.15, 0.2) is 0 Å².